The molecule has 1 aromatic carbocycles. The molecular weight excluding hydrogens is 704 g/mol. The highest BCUT2D eigenvalue weighted by Gasteiger charge is 2.48. The summed E-state index contributed by atoms with van der Waals surface area (Å²) < 4.78 is 41.1. The summed E-state index contributed by atoms with van der Waals surface area (Å²) in [6.07, 6.45) is 4.09. The number of nitrogens with one attached hydrogen (secondary N) is 4. The van der Waals surface area contributed by atoms with Gasteiger partial charge in [-0.25, -0.2) is 17.6 Å². The number of Topliss-reactive ketones (excluding diaryl/α,β-unsaturated/α-hetero) is 1. The zero-order valence-electron chi connectivity index (χ0n) is 32.6. The Hall–Kier alpha value is -3.85. The molecule has 1 aromatic rings. The first-order valence-electron chi connectivity index (χ1n) is 18.3. The van der Waals surface area contributed by atoms with Gasteiger partial charge in [0, 0.05) is 32.7 Å². The molecule has 5 amide bonds. The van der Waals surface area contributed by atoms with Crippen LogP contribution in [0.15, 0.2) is 41.8 Å². The molecule has 0 aromatic heterocycles. The number of urea groups is 1. The highest BCUT2D eigenvalue weighted by atomic mass is 32.2. The molecule has 1 saturated heterocycles. The average Bonchev–Trinajstić information content (AvgIpc) is 3.76. The Balaban J connectivity index is 1.83. The number of hydrogen-bond donors (Lipinski definition) is 4. The predicted molar refractivity (Wildman–Crippen MR) is 200 cm³/mol. The summed E-state index contributed by atoms with van der Waals surface area (Å²) in [5.41, 5.74) is -1.45. The average molecular weight is 763 g/mol. The first-order valence-corrected chi connectivity index (χ1v) is 19.8. The number of carbonyl (C=O) groups is 5. The van der Waals surface area contributed by atoms with Crippen molar-refractivity contribution in [2.45, 2.75) is 110 Å². The van der Waals surface area contributed by atoms with Crippen LogP contribution in [0.3, 0.4) is 0 Å². The Bertz CT molecular complexity index is 1620. The molecule has 3 rings (SSSR count). The van der Waals surface area contributed by atoms with E-state index in [9.17, 15) is 36.8 Å². The maximum atomic E-state index is 14.5. The van der Waals surface area contributed by atoms with Gasteiger partial charge in [0.2, 0.25) is 27.6 Å². The Morgan fingerprint density at radius 1 is 0.962 bits per heavy atom. The fourth-order valence-electron chi connectivity index (χ4n) is 6.51. The topological polar surface area (TPSA) is 174 Å². The SMILES string of the molecule is C=CCNC(=O)C(=O)C(CC1CC1)NC(=O)[C@@H]1[C@@H](C(C)C)CCN1C(=O)[C@@H](NC(=O)N[C@H](CN(C)S(=O)(=O)c1ccc(F)cc1)C(C)(C)C)C(C)(C)C. The van der Waals surface area contributed by atoms with Gasteiger partial charge in [-0.05, 0) is 65.7 Å². The van der Waals surface area contributed by atoms with E-state index in [1.165, 1.54) is 30.2 Å². The summed E-state index contributed by atoms with van der Waals surface area (Å²) in [6.45, 7) is 18.6. The van der Waals surface area contributed by atoms with E-state index in [1.54, 1.807) is 20.8 Å². The minimum Gasteiger partial charge on any atom is -0.346 e. The summed E-state index contributed by atoms with van der Waals surface area (Å²) in [7, 11) is -2.65. The van der Waals surface area contributed by atoms with E-state index < -0.39 is 80.4 Å². The van der Waals surface area contributed by atoms with Crippen LogP contribution >= 0.6 is 0 Å². The van der Waals surface area contributed by atoms with Crippen molar-refractivity contribution in [1.82, 2.24) is 30.5 Å². The molecule has 0 radical (unpaired) electrons. The molecule has 5 atom stereocenters. The third kappa shape index (κ3) is 11.6. The maximum absolute atomic E-state index is 14.5. The van der Waals surface area contributed by atoms with Gasteiger partial charge in [-0.2, -0.15) is 4.31 Å². The molecule has 53 heavy (non-hydrogen) atoms. The minimum absolute atomic E-state index is 0.00269. The molecule has 1 aliphatic heterocycles. The van der Waals surface area contributed by atoms with Crippen molar-refractivity contribution in [3.05, 3.63) is 42.7 Å². The highest BCUT2D eigenvalue weighted by Crippen LogP contribution is 2.36. The second-order valence-electron chi connectivity index (χ2n) is 16.9. The van der Waals surface area contributed by atoms with E-state index in [4.69, 9.17) is 0 Å². The molecule has 296 valence electrons. The molecular formula is C38H59FN6O7S. The van der Waals surface area contributed by atoms with Crippen LogP contribution < -0.4 is 21.3 Å². The third-order valence-corrected chi connectivity index (χ3v) is 11.9. The first-order chi connectivity index (χ1) is 24.5. The van der Waals surface area contributed by atoms with Crippen LogP contribution in [0.5, 0.6) is 0 Å². The number of carbonyl (C=O) groups excluding carboxylic acids is 5. The smallest absolute Gasteiger partial charge is 0.315 e. The number of rotatable bonds is 16. The van der Waals surface area contributed by atoms with Gasteiger partial charge in [0.15, 0.2) is 0 Å². The molecule has 15 heteroatoms. The summed E-state index contributed by atoms with van der Waals surface area (Å²) >= 11 is 0. The van der Waals surface area contributed by atoms with Gasteiger partial charge in [0.25, 0.3) is 5.91 Å². The van der Waals surface area contributed by atoms with Gasteiger partial charge < -0.3 is 26.2 Å². The lowest BCUT2D eigenvalue weighted by molar-refractivity contribution is -0.144. The highest BCUT2D eigenvalue weighted by molar-refractivity contribution is 7.89. The van der Waals surface area contributed by atoms with Crippen molar-refractivity contribution < 1.29 is 36.8 Å². The second-order valence-corrected chi connectivity index (χ2v) is 18.9. The molecule has 2 fully saturated rings. The Kier molecular flexibility index (Phi) is 14.4. The summed E-state index contributed by atoms with van der Waals surface area (Å²) in [6, 6.07) is -0.0487. The number of likely N-dealkylation sites (tertiary alicyclic amines) is 1. The van der Waals surface area contributed by atoms with Crippen LogP contribution in [0.25, 0.3) is 0 Å². The first kappa shape index (κ1) is 43.6. The summed E-state index contributed by atoms with van der Waals surface area (Å²) in [5, 5.41) is 11.0. The monoisotopic (exact) mass is 762 g/mol. The van der Waals surface area contributed by atoms with Crippen molar-refractivity contribution in [1.29, 1.82) is 0 Å². The molecule has 13 nitrogen and oxygen atoms in total. The van der Waals surface area contributed by atoms with Crippen molar-refractivity contribution in [2.75, 3.05) is 26.7 Å². The number of nitrogens with zero attached hydrogens (tertiary/aromatic N) is 2. The Morgan fingerprint density at radius 2 is 1.57 bits per heavy atom. The Labute approximate surface area is 314 Å². The fourth-order valence-corrected chi connectivity index (χ4v) is 7.69. The number of amides is 5. The standard InChI is InChI=1S/C38H59FN6O7S/c1-11-19-40-34(48)31(46)28(21-24-12-13-24)41-33(47)30-27(23(2)3)18-20-45(30)35(49)32(38(7,8)9)43-36(50)42-29(37(4,5)6)22-44(10)53(51,52)26-16-14-25(39)15-17-26/h11,14-17,23-24,27-30,32H,1,12-13,18-22H2,2-10H3,(H,40,48)(H,41,47)(H2,42,43,50)/t27-,28?,29-,30+,32-/m1/s1. The van der Waals surface area contributed by atoms with Crippen LogP contribution in [0.2, 0.25) is 0 Å². The van der Waals surface area contributed by atoms with Crippen molar-refractivity contribution in [2.24, 2.45) is 28.6 Å². The summed E-state index contributed by atoms with van der Waals surface area (Å²) in [4.78, 5) is 69.4. The van der Waals surface area contributed by atoms with E-state index in [-0.39, 0.29) is 42.3 Å². The number of benzene rings is 1. The van der Waals surface area contributed by atoms with Crippen molar-refractivity contribution >= 4 is 39.6 Å². The number of ketones is 1. The molecule has 1 heterocycles. The molecule has 2 aliphatic rings. The molecule has 1 saturated carbocycles. The lowest BCUT2D eigenvalue weighted by Gasteiger charge is -2.38. The van der Waals surface area contributed by atoms with Crippen LogP contribution in [0.4, 0.5) is 9.18 Å². The largest absolute Gasteiger partial charge is 0.346 e. The lowest BCUT2D eigenvalue weighted by Crippen LogP contribution is -2.62. The Morgan fingerprint density at radius 3 is 2.08 bits per heavy atom. The number of hydrogen-bond acceptors (Lipinski definition) is 7. The van der Waals surface area contributed by atoms with Gasteiger partial charge >= 0.3 is 6.03 Å². The van der Waals surface area contributed by atoms with Gasteiger partial charge in [-0.3, -0.25) is 19.2 Å². The maximum Gasteiger partial charge on any atom is 0.315 e. The van der Waals surface area contributed by atoms with Crippen LogP contribution in [0.1, 0.15) is 81.1 Å². The van der Waals surface area contributed by atoms with Crippen molar-refractivity contribution in [3.8, 4) is 0 Å². The number of halogens is 1. The quantitative estimate of drug-likeness (QED) is 0.147. The van der Waals surface area contributed by atoms with E-state index >= 15 is 0 Å². The van der Waals surface area contributed by atoms with Gasteiger partial charge in [0.1, 0.15) is 17.9 Å². The third-order valence-electron chi connectivity index (χ3n) is 10.1. The molecule has 1 aliphatic carbocycles. The van der Waals surface area contributed by atoms with E-state index in [2.05, 4.69) is 27.8 Å². The van der Waals surface area contributed by atoms with Gasteiger partial charge in [-0.1, -0.05) is 74.3 Å². The van der Waals surface area contributed by atoms with Crippen LogP contribution in [0, 0.1) is 34.4 Å². The van der Waals surface area contributed by atoms with Gasteiger partial charge in [0.05, 0.1) is 10.9 Å². The van der Waals surface area contributed by atoms with Gasteiger partial charge in [-0.15, -0.1) is 6.58 Å². The normalized spacial score (nSPS) is 19.7. The minimum atomic E-state index is -4.02. The molecule has 0 spiro atoms. The number of sulfonamides is 1. The zero-order valence-corrected chi connectivity index (χ0v) is 33.4. The molecule has 1 unspecified atom stereocenters. The predicted octanol–water partition coefficient (Wildman–Crippen LogP) is 3.60. The zero-order chi connectivity index (χ0) is 40.1. The lowest BCUT2D eigenvalue weighted by atomic mass is 9.84. The molecule has 0 bridgehead atoms. The van der Waals surface area contributed by atoms with Crippen LogP contribution in [-0.4, -0.2) is 98.0 Å². The second kappa shape index (κ2) is 17.5. The van der Waals surface area contributed by atoms with E-state index in [0.717, 1.165) is 29.3 Å². The summed E-state index contributed by atoms with van der Waals surface area (Å²) in [5.74, 6) is -3.18. The van der Waals surface area contributed by atoms with E-state index in [1.807, 2.05) is 34.6 Å². The fraction of sp³-hybridized carbons (Fsp3) is 0.658. The van der Waals surface area contributed by atoms with Crippen LogP contribution in [-0.2, 0) is 29.2 Å². The van der Waals surface area contributed by atoms with Crippen molar-refractivity contribution in [3.63, 3.8) is 0 Å². The number of likely N-dealkylation sites (N-methyl/N-ethyl adjacent to an activating group) is 1. The van der Waals surface area contributed by atoms with E-state index in [0.29, 0.717) is 12.8 Å². The molecule has 4 N–H and O–H groups in total.